The summed E-state index contributed by atoms with van der Waals surface area (Å²) in [5.74, 6) is 1.11. The predicted molar refractivity (Wildman–Crippen MR) is 64.0 cm³/mol. The lowest BCUT2D eigenvalue weighted by Gasteiger charge is -2.11. The van der Waals surface area contributed by atoms with E-state index < -0.39 is 0 Å². The van der Waals surface area contributed by atoms with E-state index in [1.54, 1.807) is 27.8 Å². The molecule has 0 aromatic heterocycles. The zero-order chi connectivity index (χ0) is 10.8. The molecule has 0 unspecified atom stereocenters. The molecule has 0 aromatic rings. The van der Waals surface area contributed by atoms with Crippen LogP contribution in [0.15, 0.2) is 11.1 Å². The van der Waals surface area contributed by atoms with Gasteiger partial charge in [0.15, 0.2) is 0 Å². The number of carbonyl (C=O) groups excluding carboxylic acids is 1. The van der Waals surface area contributed by atoms with Crippen molar-refractivity contribution in [3.05, 3.63) is 11.1 Å². The first-order valence-corrected chi connectivity index (χ1v) is 6.86. The molecule has 5 heteroatoms. The molecule has 0 fully saturated rings. The van der Waals surface area contributed by atoms with Crippen LogP contribution >= 0.6 is 21.6 Å². The fourth-order valence-electron chi connectivity index (χ4n) is 0.736. The Balaban J connectivity index is 3.85. The topological polar surface area (TPSA) is 40.5 Å². The average Bonchev–Trinajstić information content (AvgIpc) is 2.17. The van der Waals surface area contributed by atoms with E-state index in [0.29, 0.717) is 6.54 Å². The Kier molecular flexibility index (Phi) is 9.34. The smallest absolute Gasteiger partial charge is 0.213 e. The van der Waals surface area contributed by atoms with Crippen molar-refractivity contribution in [3.8, 4) is 0 Å². The molecule has 0 rings (SSSR count). The molecule has 0 atom stereocenters. The molecule has 14 heavy (non-hydrogen) atoms. The van der Waals surface area contributed by atoms with Crippen molar-refractivity contribution in [2.45, 2.75) is 20.3 Å². The van der Waals surface area contributed by atoms with Crippen molar-refractivity contribution < 1.29 is 9.90 Å². The number of hydrogen-bond donors (Lipinski definition) is 1. The molecule has 0 radical (unpaired) electrons. The molecule has 0 aromatic carbocycles. The first-order chi connectivity index (χ1) is 6.74. The second-order valence-corrected chi connectivity index (χ2v) is 5.37. The van der Waals surface area contributed by atoms with Crippen LogP contribution < -0.4 is 0 Å². The van der Waals surface area contributed by atoms with Gasteiger partial charge in [-0.15, -0.1) is 0 Å². The maximum Gasteiger partial charge on any atom is 0.213 e. The van der Waals surface area contributed by atoms with Gasteiger partial charge in [0.2, 0.25) is 6.41 Å². The lowest BCUT2D eigenvalue weighted by atomic mass is 10.5. The third-order valence-corrected chi connectivity index (χ3v) is 4.02. The summed E-state index contributed by atoms with van der Waals surface area (Å²) in [5.41, 5.74) is 0. The quantitative estimate of drug-likeness (QED) is 0.397. The van der Waals surface area contributed by atoms with Crippen LogP contribution in [0.4, 0.5) is 0 Å². The fourth-order valence-corrected chi connectivity index (χ4v) is 2.79. The van der Waals surface area contributed by atoms with Crippen LogP contribution in [-0.4, -0.2) is 35.3 Å². The molecule has 0 aliphatic carbocycles. The minimum absolute atomic E-state index is 0.00467. The maximum atomic E-state index is 10.5. The molecule has 0 aliphatic heterocycles. The van der Waals surface area contributed by atoms with Crippen molar-refractivity contribution in [2.24, 2.45) is 0 Å². The molecule has 0 saturated carbocycles. The van der Waals surface area contributed by atoms with Gasteiger partial charge in [-0.3, -0.25) is 4.79 Å². The Hall–Kier alpha value is -0.130. The Labute approximate surface area is 93.3 Å². The van der Waals surface area contributed by atoms with Gasteiger partial charge < -0.3 is 10.0 Å². The summed E-state index contributed by atoms with van der Waals surface area (Å²) >= 11 is 0. The summed E-state index contributed by atoms with van der Waals surface area (Å²) in [6.07, 6.45) is 3.64. The molecular formula is C9H17NO2S2. The molecule has 82 valence electrons. The van der Waals surface area contributed by atoms with Gasteiger partial charge in [0.05, 0.1) is 6.61 Å². The Bertz CT molecular complexity index is 186. The second-order valence-electron chi connectivity index (χ2n) is 2.71. The highest BCUT2D eigenvalue weighted by molar-refractivity contribution is 8.78. The normalized spacial score (nSPS) is 11.5. The van der Waals surface area contributed by atoms with E-state index in [0.717, 1.165) is 23.5 Å². The van der Waals surface area contributed by atoms with Crippen molar-refractivity contribution >= 4 is 28.0 Å². The zero-order valence-corrected chi connectivity index (χ0v) is 10.2. The summed E-state index contributed by atoms with van der Waals surface area (Å²) in [5, 5.41) is 8.65. The lowest BCUT2D eigenvalue weighted by molar-refractivity contribution is -0.116. The summed E-state index contributed by atoms with van der Waals surface area (Å²) < 4.78 is 0. The molecule has 1 amide bonds. The van der Waals surface area contributed by atoms with Gasteiger partial charge in [0, 0.05) is 23.4 Å². The van der Waals surface area contributed by atoms with E-state index in [-0.39, 0.29) is 6.61 Å². The van der Waals surface area contributed by atoms with Crippen LogP contribution in [0.25, 0.3) is 0 Å². The van der Waals surface area contributed by atoms with Gasteiger partial charge >= 0.3 is 0 Å². The van der Waals surface area contributed by atoms with Crippen molar-refractivity contribution in [1.82, 2.24) is 4.90 Å². The number of rotatable bonds is 8. The third-order valence-electron chi connectivity index (χ3n) is 1.32. The number of hydrogen-bond acceptors (Lipinski definition) is 4. The molecule has 1 N–H and O–H groups in total. The van der Waals surface area contributed by atoms with Gasteiger partial charge in [-0.2, -0.15) is 0 Å². The number of nitrogens with zero attached hydrogens (tertiary/aromatic N) is 1. The molecule has 0 aliphatic rings. The first-order valence-electron chi connectivity index (χ1n) is 4.54. The first kappa shape index (κ1) is 13.9. The van der Waals surface area contributed by atoms with E-state index in [9.17, 15) is 4.79 Å². The van der Waals surface area contributed by atoms with Crippen LogP contribution in [0.3, 0.4) is 0 Å². The fraction of sp³-hybridized carbons (Fsp3) is 0.667. The van der Waals surface area contributed by atoms with Crippen molar-refractivity contribution in [1.29, 1.82) is 0 Å². The lowest BCUT2D eigenvalue weighted by Crippen LogP contribution is -2.19. The van der Waals surface area contributed by atoms with Crippen molar-refractivity contribution in [2.75, 3.05) is 18.9 Å². The molecule has 0 spiro atoms. The highest BCUT2D eigenvalue weighted by Crippen LogP contribution is 2.29. The third kappa shape index (κ3) is 7.29. The van der Waals surface area contributed by atoms with Gasteiger partial charge in [-0.25, -0.2) is 0 Å². The van der Waals surface area contributed by atoms with E-state index >= 15 is 0 Å². The summed E-state index contributed by atoms with van der Waals surface area (Å²) in [7, 11) is 3.44. The average molecular weight is 235 g/mol. The van der Waals surface area contributed by atoms with Gasteiger partial charge in [-0.1, -0.05) is 28.5 Å². The van der Waals surface area contributed by atoms with E-state index in [1.165, 1.54) is 4.90 Å². The van der Waals surface area contributed by atoms with Gasteiger partial charge in [0.25, 0.3) is 0 Å². The standard InChI is InChI=1S/C9H17NO2S2/c1-3-6-13-14-9(2)7-10(8-12)4-5-11/h7-8,11H,3-6H2,1-2H3. The Morgan fingerprint density at radius 2 is 2.29 bits per heavy atom. The van der Waals surface area contributed by atoms with Gasteiger partial charge in [0.1, 0.15) is 0 Å². The van der Waals surface area contributed by atoms with Crippen LogP contribution in [-0.2, 0) is 4.79 Å². The molecular weight excluding hydrogens is 218 g/mol. The number of allylic oxidation sites excluding steroid dienone is 1. The molecule has 3 nitrogen and oxygen atoms in total. The van der Waals surface area contributed by atoms with Crippen molar-refractivity contribution in [3.63, 3.8) is 0 Å². The molecule has 0 heterocycles. The van der Waals surface area contributed by atoms with Crippen LogP contribution in [0.1, 0.15) is 20.3 Å². The monoisotopic (exact) mass is 235 g/mol. The number of aliphatic hydroxyl groups is 1. The SMILES string of the molecule is CCCSSC(C)=CN(C=O)CCO. The number of carbonyl (C=O) groups is 1. The zero-order valence-electron chi connectivity index (χ0n) is 8.60. The van der Waals surface area contributed by atoms with Gasteiger partial charge in [-0.05, 0) is 13.3 Å². The molecule has 0 bridgehead atoms. The van der Waals surface area contributed by atoms with Crippen LogP contribution in [0.2, 0.25) is 0 Å². The minimum atomic E-state index is -0.00467. The van der Waals surface area contributed by atoms with E-state index in [2.05, 4.69) is 6.92 Å². The summed E-state index contributed by atoms with van der Waals surface area (Å²) in [6, 6.07) is 0. The van der Waals surface area contributed by atoms with Crippen LogP contribution in [0, 0.1) is 0 Å². The largest absolute Gasteiger partial charge is 0.395 e. The Morgan fingerprint density at radius 1 is 1.57 bits per heavy atom. The highest BCUT2D eigenvalue weighted by Gasteiger charge is 1.98. The number of amides is 1. The summed E-state index contributed by atoms with van der Waals surface area (Å²) in [4.78, 5) is 13.0. The Morgan fingerprint density at radius 3 is 2.79 bits per heavy atom. The minimum Gasteiger partial charge on any atom is -0.395 e. The number of aliphatic hydroxyl groups excluding tert-OH is 1. The van der Waals surface area contributed by atoms with Crippen LogP contribution in [0.5, 0.6) is 0 Å². The second kappa shape index (κ2) is 9.43. The highest BCUT2D eigenvalue weighted by atomic mass is 33.1. The summed E-state index contributed by atoms with van der Waals surface area (Å²) in [6.45, 7) is 4.45. The molecule has 0 saturated heterocycles. The predicted octanol–water partition coefficient (Wildman–Crippen LogP) is 2.09. The van der Waals surface area contributed by atoms with E-state index in [4.69, 9.17) is 5.11 Å². The maximum absolute atomic E-state index is 10.5. The van der Waals surface area contributed by atoms with E-state index in [1.807, 2.05) is 6.92 Å².